The second-order valence-electron chi connectivity index (χ2n) is 2.83. The number of halogens is 1. The van der Waals surface area contributed by atoms with E-state index in [4.69, 9.17) is 9.84 Å². The Kier molecular flexibility index (Phi) is 2.03. The first kappa shape index (κ1) is 9.21. The Morgan fingerprint density at radius 1 is 1.50 bits per heavy atom. The monoisotopic (exact) mass is 256 g/mol. The number of hydrogen-bond acceptors (Lipinski definition) is 3. The van der Waals surface area contributed by atoms with Crippen LogP contribution in [0.25, 0.3) is 0 Å². The Morgan fingerprint density at radius 2 is 2.21 bits per heavy atom. The van der Waals surface area contributed by atoms with Crippen LogP contribution in [-0.4, -0.2) is 17.0 Å². The number of rotatable bonds is 1. The molecule has 0 bridgehead atoms. The van der Waals surface area contributed by atoms with Crippen LogP contribution >= 0.6 is 15.9 Å². The molecule has 0 amide bonds. The molecule has 1 aromatic carbocycles. The van der Waals surface area contributed by atoms with E-state index >= 15 is 0 Å². The van der Waals surface area contributed by atoms with Crippen molar-refractivity contribution in [2.24, 2.45) is 0 Å². The van der Waals surface area contributed by atoms with E-state index in [0.29, 0.717) is 15.6 Å². The van der Waals surface area contributed by atoms with Gasteiger partial charge in [0.25, 0.3) is 0 Å². The van der Waals surface area contributed by atoms with Crippen molar-refractivity contribution in [3.63, 3.8) is 0 Å². The smallest absolute Gasteiger partial charge is 0.349 e. The molecule has 0 fully saturated rings. The Morgan fingerprint density at radius 3 is 2.86 bits per heavy atom. The summed E-state index contributed by atoms with van der Waals surface area (Å²) in [4.78, 5) is 22.0. The average molecular weight is 257 g/mol. The topological polar surface area (TPSA) is 63.6 Å². The van der Waals surface area contributed by atoms with Gasteiger partial charge >= 0.3 is 11.9 Å². The zero-order valence-electron chi connectivity index (χ0n) is 6.86. The number of carboxylic acids is 1. The predicted molar refractivity (Wildman–Crippen MR) is 49.9 cm³/mol. The van der Waals surface area contributed by atoms with E-state index in [-0.39, 0.29) is 0 Å². The number of aliphatic carboxylic acids is 1. The van der Waals surface area contributed by atoms with Gasteiger partial charge in [-0.15, -0.1) is 0 Å². The lowest BCUT2D eigenvalue weighted by molar-refractivity contribution is -0.146. The third-order valence-electron chi connectivity index (χ3n) is 1.98. The summed E-state index contributed by atoms with van der Waals surface area (Å²) in [5.74, 6) is -1.75. The maximum atomic E-state index is 11.3. The van der Waals surface area contributed by atoms with Crippen LogP contribution in [-0.2, 0) is 9.53 Å². The molecule has 1 N–H and O–H groups in total. The molecule has 1 aromatic rings. The summed E-state index contributed by atoms with van der Waals surface area (Å²) in [6.45, 7) is 0. The van der Waals surface area contributed by atoms with Gasteiger partial charge in [0.2, 0.25) is 6.10 Å². The summed E-state index contributed by atoms with van der Waals surface area (Å²) in [7, 11) is 0. The number of esters is 1. The second-order valence-corrected chi connectivity index (χ2v) is 3.68. The minimum atomic E-state index is -1.17. The van der Waals surface area contributed by atoms with Crippen molar-refractivity contribution in [1.29, 1.82) is 0 Å². The Bertz CT molecular complexity index is 427. The van der Waals surface area contributed by atoms with Crippen LogP contribution < -0.4 is 0 Å². The summed E-state index contributed by atoms with van der Waals surface area (Å²) in [6.07, 6.45) is -1.17. The molecular formula is C9H5BrO4. The zero-order valence-corrected chi connectivity index (χ0v) is 8.45. The number of cyclic esters (lactones) is 1. The fourth-order valence-electron chi connectivity index (χ4n) is 1.39. The molecule has 4 nitrogen and oxygen atoms in total. The number of carbonyl (C=O) groups is 2. The molecule has 14 heavy (non-hydrogen) atoms. The van der Waals surface area contributed by atoms with Crippen LogP contribution in [0.2, 0.25) is 0 Å². The molecule has 0 saturated carbocycles. The summed E-state index contributed by atoms with van der Waals surface area (Å²) in [5.41, 5.74) is 0.705. The summed E-state index contributed by atoms with van der Waals surface area (Å²) in [6, 6.07) is 4.91. The zero-order chi connectivity index (χ0) is 10.3. The molecule has 0 aliphatic carbocycles. The SMILES string of the molecule is O=C1OC(C(=O)O)c2cccc(Br)c21. The maximum Gasteiger partial charge on any atom is 0.349 e. The quantitative estimate of drug-likeness (QED) is 0.778. The molecule has 72 valence electrons. The number of carboxylic acid groups (broad SMARTS) is 1. The highest BCUT2D eigenvalue weighted by Gasteiger charge is 2.37. The molecule has 1 atom stereocenters. The first-order chi connectivity index (χ1) is 6.61. The van der Waals surface area contributed by atoms with Gasteiger partial charge in [-0.3, -0.25) is 0 Å². The van der Waals surface area contributed by atoms with Crippen molar-refractivity contribution in [2.45, 2.75) is 6.10 Å². The largest absolute Gasteiger partial charge is 0.478 e. The summed E-state index contributed by atoms with van der Waals surface area (Å²) >= 11 is 3.17. The molecule has 0 saturated heterocycles. The van der Waals surface area contributed by atoms with E-state index in [1.165, 1.54) is 0 Å². The van der Waals surface area contributed by atoms with E-state index in [1.807, 2.05) is 0 Å². The normalized spacial score (nSPS) is 18.9. The first-order valence-corrected chi connectivity index (χ1v) is 4.63. The van der Waals surface area contributed by atoms with Crippen LogP contribution in [0.3, 0.4) is 0 Å². The van der Waals surface area contributed by atoms with E-state index in [0.717, 1.165) is 0 Å². The Hall–Kier alpha value is -1.36. The van der Waals surface area contributed by atoms with Crippen molar-refractivity contribution in [2.75, 3.05) is 0 Å². The molecule has 2 rings (SSSR count). The molecule has 1 unspecified atom stereocenters. The lowest BCUT2D eigenvalue weighted by atomic mass is 10.1. The molecule has 0 aromatic heterocycles. The highest BCUT2D eigenvalue weighted by molar-refractivity contribution is 9.10. The second kappa shape index (κ2) is 3.09. The fraction of sp³-hybridized carbons (Fsp3) is 0.111. The average Bonchev–Trinajstić information content (AvgIpc) is 2.45. The fourth-order valence-corrected chi connectivity index (χ4v) is 1.93. The molecule has 1 aliphatic rings. The van der Waals surface area contributed by atoms with Crippen molar-refractivity contribution in [3.8, 4) is 0 Å². The molecule has 0 spiro atoms. The summed E-state index contributed by atoms with van der Waals surface area (Å²) in [5, 5.41) is 8.78. The highest BCUT2D eigenvalue weighted by atomic mass is 79.9. The summed E-state index contributed by atoms with van der Waals surface area (Å²) < 4.78 is 5.26. The van der Waals surface area contributed by atoms with Gasteiger partial charge in [-0.2, -0.15) is 0 Å². The highest BCUT2D eigenvalue weighted by Crippen LogP contribution is 2.34. The minimum absolute atomic E-state index is 0.305. The van der Waals surface area contributed by atoms with E-state index in [1.54, 1.807) is 18.2 Å². The van der Waals surface area contributed by atoms with Gasteiger partial charge in [0.1, 0.15) is 0 Å². The van der Waals surface area contributed by atoms with Crippen molar-refractivity contribution < 1.29 is 19.4 Å². The van der Waals surface area contributed by atoms with Gasteiger partial charge < -0.3 is 9.84 Å². The van der Waals surface area contributed by atoms with E-state index < -0.39 is 18.0 Å². The Labute approximate surface area is 87.6 Å². The molecule has 1 aliphatic heterocycles. The molecular weight excluding hydrogens is 252 g/mol. The maximum absolute atomic E-state index is 11.3. The number of fused-ring (bicyclic) bond motifs is 1. The standard InChI is InChI=1S/C9H5BrO4/c10-5-3-1-2-4-6(5)9(13)14-7(4)8(11)12/h1-3,7H,(H,11,12). The third-order valence-corrected chi connectivity index (χ3v) is 2.64. The van der Waals surface area contributed by atoms with Crippen molar-refractivity contribution in [1.82, 2.24) is 0 Å². The van der Waals surface area contributed by atoms with Crippen LogP contribution in [0.5, 0.6) is 0 Å². The number of benzene rings is 1. The lowest BCUT2D eigenvalue weighted by Crippen LogP contribution is -2.10. The van der Waals surface area contributed by atoms with Gasteiger partial charge in [0, 0.05) is 10.0 Å². The minimum Gasteiger partial charge on any atom is -0.478 e. The van der Waals surface area contributed by atoms with Gasteiger partial charge in [0.05, 0.1) is 5.56 Å². The first-order valence-electron chi connectivity index (χ1n) is 3.83. The van der Waals surface area contributed by atoms with E-state index in [2.05, 4.69) is 15.9 Å². The number of ether oxygens (including phenoxy) is 1. The number of carbonyl (C=O) groups excluding carboxylic acids is 1. The van der Waals surface area contributed by atoms with Crippen LogP contribution in [0, 0.1) is 0 Å². The van der Waals surface area contributed by atoms with Crippen LogP contribution in [0.15, 0.2) is 22.7 Å². The van der Waals surface area contributed by atoms with Gasteiger partial charge in [-0.05, 0) is 22.0 Å². The number of hydrogen-bond donors (Lipinski definition) is 1. The third kappa shape index (κ3) is 1.21. The molecule has 0 radical (unpaired) electrons. The van der Waals surface area contributed by atoms with E-state index in [9.17, 15) is 9.59 Å². The van der Waals surface area contributed by atoms with Crippen LogP contribution in [0.1, 0.15) is 22.0 Å². The van der Waals surface area contributed by atoms with Crippen molar-refractivity contribution >= 4 is 27.9 Å². The van der Waals surface area contributed by atoms with Crippen LogP contribution in [0.4, 0.5) is 0 Å². The van der Waals surface area contributed by atoms with Gasteiger partial charge in [0.15, 0.2) is 0 Å². The lowest BCUT2D eigenvalue weighted by Gasteiger charge is -2.03. The van der Waals surface area contributed by atoms with Gasteiger partial charge in [-0.1, -0.05) is 12.1 Å². The molecule has 1 heterocycles. The Balaban J connectivity index is 2.60. The van der Waals surface area contributed by atoms with Gasteiger partial charge in [-0.25, -0.2) is 9.59 Å². The molecule has 5 heteroatoms. The predicted octanol–water partition coefficient (Wildman–Crippen LogP) is 1.75. The van der Waals surface area contributed by atoms with Crippen molar-refractivity contribution in [3.05, 3.63) is 33.8 Å².